The lowest BCUT2D eigenvalue weighted by Gasteiger charge is -2.15. The molecule has 3 nitrogen and oxygen atoms in total. The highest BCUT2D eigenvalue weighted by Crippen LogP contribution is 2.26. The van der Waals surface area contributed by atoms with Crippen molar-refractivity contribution < 1.29 is 31.8 Å². The van der Waals surface area contributed by atoms with Crippen LogP contribution in [-0.2, 0) is 4.74 Å². The Kier molecular flexibility index (Phi) is 6.35. The van der Waals surface area contributed by atoms with Crippen molar-refractivity contribution in [3.05, 3.63) is 29.1 Å². The molecule has 1 aromatic carbocycles. The zero-order valence-corrected chi connectivity index (χ0v) is 11.5. The molecular formula is C13H16F5NO2. The topological polar surface area (TPSA) is 41.5 Å². The standard InChI is InChI=1S/C13H16F5NO2/c1-6(2)4-21-5-7(20)3-19-13-11(17)9(15)8(14)10(16)12(13)18/h6-7,19-20H,3-5H2,1-2H3. The van der Waals surface area contributed by atoms with Crippen LogP contribution in [0.15, 0.2) is 0 Å². The van der Waals surface area contributed by atoms with E-state index in [9.17, 15) is 27.1 Å². The Morgan fingerprint density at radius 1 is 0.905 bits per heavy atom. The van der Waals surface area contributed by atoms with Gasteiger partial charge in [-0.3, -0.25) is 0 Å². The van der Waals surface area contributed by atoms with Gasteiger partial charge in [-0.25, -0.2) is 22.0 Å². The number of aliphatic hydroxyl groups is 1. The molecule has 1 atom stereocenters. The van der Waals surface area contributed by atoms with Crippen LogP contribution in [0.25, 0.3) is 0 Å². The van der Waals surface area contributed by atoms with Crippen molar-refractivity contribution in [1.82, 2.24) is 0 Å². The Morgan fingerprint density at radius 2 is 1.38 bits per heavy atom. The van der Waals surface area contributed by atoms with Crippen LogP contribution in [0.5, 0.6) is 0 Å². The van der Waals surface area contributed by atoms with Gasteiger partial charge in [0.25, 0.3) is 0 Å². The third kappa shape index (κ3) is 4.53. The number of benzene rings is 1. The molecule has 0 radical (unpaired) electrons. The number of ether oxygens (including phenoxy) is 1. The predicted octanol–water partition coefficient (Wildman–Crippen LogP) is 2.83. The minimum absolute atomic E-state index is 0.124. The molecule has 0 heterocycles. The minimum atomic E-state index is -2.23. The van der Waals surface area contributed by atoms with Crippen molar-refractivity contribution in [2.45, 2.75) is 20.0 Å². The summed E-state index contributed by atoms with van der Waals surface area (Å²) in [5.74, 6) is -10.0. The largest absolute Gasteiger partial charge is 0.389 e. The third-order valence-corrected chi connectivity index (χ3v) is 2.49. The summed E-state index contributed by atoms with van der Waals surface area (Å²) in [6.45, 7) is 3.61. The second-order valence-corrected chi connectivity index (χ2v) is 4.91. The van der Waals surface area contributed by atoms with Gasteiger partial charge < -0.3 is 15.2 Å². The molecule has 0 aliphatic carbocycles. The zero-order chi connectivity index (χ0) is 16.2. The molecule has 0 bridgehead atoms. The molecule has 8 heteroatoms. The Hall–Kier alpha value is -1.41. The lowest BCUT2D eigenvalue weighted by molar-refractivity contribution is 0.0317. The van der Waals surface area contributed by atoms with Crippen molar-refractivity contribution in [2.24, 2.45) is 5.92 Å². The van der Waals surface area contributed by atoms with Gasteiger partial charge in [0, 0.05) is 13.2 Å². The van der Waals surface area contributed by atoms with Gasteiger partial charge in [-0.05, 0) is 5.92 Å². The van der Waals surface area contributed by atoms with Gasteiger partial charge in [-0.15, -0.1) is 0 Å². The van der Waals surface area contributed by atoms with Gasteiger partial charge in [-0.2, -0.15) is 0 Å². The molecule has 1 aromatic rings. The molecule has 2 N–H and O–H groups in total. The molecule has 0 aliphatic rings. The lowest BCUT2D eigenvalue weighted by atomic mass is 10.2. The van der Waals surface area contributed by atoms with Crippen LogP contribution in [0.2, 0.25) is 0 Å². The Morgan fingerprint density at radius 3 is 1.86 bits per heavy atom. The minimum Gasteiger partial charge on any atom is -0.389 e. The molecule has 0 amide bonds. The summed E-state index contributed by atoms with van der Waals surface area (Å²) in [5.41, 5.74) is -1.17. The van der Waals surface area contributed by atoms with Crippen molar-refractivity contribution in [2.75, 3.05) is 25.1 Å². The molecule has 0 aromatic heterocycles. The summed E-state index contributed by atoms with van der Waals surface area (Å²) in [6.07, 6.45) is -1.15. The van der Waals surface area contributed by atoms with Gasteiger partial charge in [0.05, 0.1) is 12.7 Å². The van der Waals surface area contributed by atoms with Crippen LogP contribution < -0.4 is 5.32 Å². The first kappa shape index (κ1) is 17.6. The van der Waals surface area contributed by atoms with E-state index in [0.717, 1.165) is 0 Å². The second-order valence-electron chi connectivity index (χ2n) is 4.91. The van der Waals surface area contributed by atoms with Crippen LogP contribution in [0.3, 0.4) is 0 Å². The molecule has 1 rings (SSSR count). The Balaban J connectivity index is 2.68. The summed E-state index contributed by atoms with van der Waals surface area (Å²) in [7, 11) is 0. The van der Waals surface area contributed by atoms with Crippen molar-refractivity contribution in [3.8, 4) is 0 Å². The van der Waals surface area contributed by atoms with E-state index >= 15 is 0 Å². The van der Waals surface area contributed by atoms with Crippen molar-refractivity contribution in [3.63, 3.8) is 0 Å². The van der Waals surface area contributed by atoms with E-state index in [4.69, 9.17) is 4.74 Å². The van der Waals surface area contributed by atoms with Crippen LogP contribution in [0.1, 0.15) is 13.8 Å². The van der Waals surface area contributed by atoms with E-state index in [0.29, 0.717) is 6.61 Å². The molecular weight excluding hydrogens is 297 g/mol. The van der Waals surface area contributed by atoms with E-state index in [1.165, 1.54) is 0 Å². The fourth-order valence-corrected chi connectivity index (χ4v) is 1.48. The second kappa shape index (κ2) is 7.56. The Bertz CT molecular complexity index is 467. The highest BCUT2D eigenvalue weighted by Gasteiger charge is 2.25. The van der Waals surface area contributed by atoms with E-state index in [1.54, 1.807) is 0 Å². The van der Waals surface area contributed by atoms with Crippen LogP contribution in [-0.4, -0.2) is 31.0 Å². The van der Waals surface area contributed by atoms with Gasteiger partial charge >= 0.3 is 0 Å². The zero-order valence-electron chi connectivity index (χ0n) is 11.5. The molecule has 0 aliphatic heterocycles. The molecule has 0 fully saturated rings. The number of nitrogens with one attached hydrogen (secondary N) is 1. The molecule has 0 saturated heterocycles. The van der Waals surface area contributed by atoms with Gasteiger partial charge in [0.15, 0.2) is 23.3 Å². The van der Waals surface area contributed by atoms with Gasteiger partial charge in [-0.1, -0.05) is 13.8 Å². The first-order valence-electron chi connectivity index (χ1n) is 6.26. The third-order valence-electron chi connectivity index (χ3n) is 2.49. The number of anilines is 1. The fourth-order valence-electron chi connectivity index (χ4n) is 1.48. The van der Waals surface area contributed by atoms with Crippen molar-refractivity contribution in [1.29, 1.82) is 0 Å². The average molecular weight is 313 g/mol. The van der Waals surface area contributed by atoms with Crippen LogP contribution in [0.4, 0.5) is 27.6 Å². The summed E-state index contributed by atoms with van der Waals surface area (Å²) < 4.78 is 70.4. The average Bonchev–Trinajstić information content (AvgIpc) is 2.42. The molecule has 0 saturated carbocycles. The maximum absolute atomic E-state index is 13.3. The first-order valence-corrected chi connectivity index (χ1v) is 6.26. The fraction of sp³-hybridized carbons (Fsp3) is 0.538. The van der Waals surface area contributed by atoms with Crippen LogP contribution >= 0.6 is 0 Å². The van der Waals surface area contributed by atoms with E-state index in [-0.39, 0.29) is 12.5 Å². The smallest absolute Gasteiger partial charge is 0.200 e. The van der Waals surface area contributed by atoms with E-state index in [2.05, 4.69) is 0 Å². The van der Waals surface area contributed by atoms with E-state index in [1.807, 2.05) is 19.2 Å². The number of hydrogen-bond donors (Lipinski definition) is 2. The van der Waals surface area contributed by atoms with E-state index < -0.39 is 47.4 Å². The monoisotopic (exact) mass is 313 g/mol. The summed E-state index contributed by atoms with van der Waals surface area (Å²) in [6, 6.07) is 0. The van der Waals surface area contributed by atoms with Gasteiger partial charge in [0.2, 0.25) is 5.82 Å². The quantitative estimate of drug-likeness (QED) is 0.462. The summed E-state index contributed by atoms with van der Waals surface area (Å²) >= 11 is 0. The molecule has 1 unspecified atom stereocenters. The maximum atomic E-state index is 13.3. The Labute approximate surface area is 118 Å². The summed E-state index contributed by atoms with van der Waals surface area (Å²) in [5, 5.41) is 11.5. The predicted molar refractivity (Wildman–Crippen MR) is 66.4 cm³/mol. The van der Waals surface area contributed by atoms with Gasteiger partial charge in [0.1, 0.15) is 5.69 Å². The SMILES string of the molecule is CC(C)COCC(O)CNc1c(F)c(F)c(F)c(F)c1F. The number of rotatable bonds is 7. The number of aliphatic hydroxyl groups excluding tert-OH is 1. The number of halogens is 5. The van der Waals surface area contributed by atoms with Crippen LogP contribution in [0, 0.1) is 35.0 Å². The number of hydrogen-bond acceptors (Lipinski definition) is 3. The maximum Gasteiger partial charge on any atom is 0.200 e. The highest BCUT2D eigenvalue weighted by molar-refractivity contribution is 5.47. The normalized spacial score (nSPS) is 12.8. The first-order chi connectivity index (χ1) is 9.75. The molecule has 120 valence electrons. The van der Waals surface area contributed by atoms with Crippen molar-refractivity contribution >= 4 is 5.69 Å². The highest BCUT2D eigenvalue weighted by atomic mass is 19.2. The lowest BCUT2D eigenvalue weighted by Crippen LogP contribution is -2.26. The molecule has 21 heavy (non-hydrogen) atoms. The summed E-state index contributed by atoms with van der Waals surface area (Å²) in [4.78, 5) is 0. The molecule has 0 spiro atoms.